The monoisotopic (exact) mass is 290 g/mol. The molecule has 0 aliphatic heterocycles. The zero-order valence-corrected chi connectivity index (χ0v) is 13.3. The fourth-order valence-electron chi connectivity index (χ4n) is 3.73. The van der Waals surface area contributed by atoms with E-state index in [2.05, 4.69) is 6.92 Å². The minimum atomic E-state index is -0.135. The van der Waals surface area contributed by atoms with Crippen LogP contribution in [0.5, 0.6) is 5.75 Å². The molecule has 2 atom stereocenters. The van der Waals surface area contributed by atoms with Crippen molar-refractivity contribution in [3.05, 3.63) is 29.1 Å². The Bertz CT molecular complexity index is 493. The predicted octanol–water partition coefficient (Wildman–Crippen LogP) is 5.61. The number of halogens is 1. The summed E-state index contributed by atoms with van der Waals surface area (Å²) in [6, 6.07) is 3.61. The molecule has 0 radical (unpaired) electrons. The minimum absolute atomic E-state index is 0.135. The van der Waals surface area contributed by atoms with E-state index in [0.717, 1.165) is 23.8 Å². The molecule has 1 aromatic rings. The van der Waals surface area contributed by atoms with Gasteiger partial charge in [-0.15, -0.1) is 0 Å². The highest BCUT2D eigenvalue weighted by molar-refractivity contribution is 5.42. The van der Waals surface area contributed by atoms with Gasteiger partial charge in [0.25, 0.3) is 0 Å². The Kier molecular flexibility index (Phi) is 4.51. The molecule has 1 nitrogen and oxygen atoms in total. The third-order valence-electron chi connectivity index (χ3n) is 5.13. The molecule has 3 rings (SSSR count). The van der Waals surface area contributed by atoms with Gasteiger partial charge in [0.2, 0.25) is 0 Å². The van der Waals surface area contributed by atoms with Gasteiger partial charge in [-0.05, 0) is 67.6 Å². The highest BCUT2D eigenvalue weighted by atomic mass is 19.1. The Balaban J connectivity index is 1.61. The van der Waals surface area contributed by atoms with E-state index in [9.17, 15) is 4.39 Å². The summed E-state index contributed by atoms with van der Waals surface area (Å²) in [5, 5.41) is 0. The van der Waals surface area contributed by atoms with Crippen molar-refractivity contribution in [1.29, 1.82) is 0 Å². The minimum Gasteiger partial charge on any atom is -0.493 e. The van der Waals surface area contributed by atoms with Crippen LogP contribution in [0.1, 0.15) is 68.9 Å². The van der Waals surface area contributed by atoms with E-state index < -0.39 is 0 Å². The van der Waals surface area contributed by atoms with E-state index in [1.807, 2.05) is 13.0 Å². The van der Waals surface area contributed by atoms with Crippen LogP contribution in [0.15, 0.2) is 12.1 Å². The number of ether oxygens (including phenoxy) is 1. The highest BCUT2D eigenvalue weighted by Crippen LogP contribution is 2.45. The van der Waals surface area contributed by atoms with Gasteiger partial charge in [0, 0.05) is 6.07 Å². The lowest BCUT2D eigenvalue weighted by atomic mass is 10.0. The summed E-state index contributed by atoms with van der Waals surface area (Å²) in [6.45, 7) is 4.88. The molecule has 0 N–H and O–H groups in total. The van der Waals surface area contributed by atoms with Gasteiger partial charge in [-0.25, -0.2) is 4.39 Å². The van der Waals surface area contributed by atoms with Gasteiger partial charge in [-0.1, -0.05) is 26.2 Å². The average molecular weight is 290 g/mol. The molecule has 0 saturated heterocycles. The highest BCUT2D eigenvalue weighted by Gasteiger charge is 2.29. The van der Waals surface area contributed by atoms with Crippen LogP contribution in [0, 0.1) is 24.6 Å². The maximum Gasteiger partial charge on any atom is 0.129 e. The second-order valence-corrected chi connectivity index (χ2v) is 7.06. The molecule has 0 heterocycles. The lowest BCUT2D eigenvalue weighted by Crippen LogP contribution is -2.10. The Morgan fingerprint density at radius 2 is 1.90 bits per heavy atom. The lowest BCUT2D eigenvalue weighted by molar-refractivity contribution is 0.244. The van der Waals surface area contributed by atoms with Gasteiger partial charge in [0.1, 0.15) is 11.6 Å². The molecular formula is C19H27FO. The summed E-state index contributed by atoms with van der Waals surface area (Å²) >= 11 is 0. The van der Waals surface area contributed by atoms with E-state index in [-0.39, 0.29) is 5.82 Å². The standard InChI is InChI=1S/C19H27FO/c1-3-4-14-5-6-15(10-14)12-21-19-11-18(20)13(2)9-17(19)16-7-8-16/h9,11,14-16H,3-8,10,12H2,1-2H3. The number of aryl methyl sites for hydroxylation is 1. The maximum absolute atomic E-state index is 13.8. The van der Waals surface area contributed by atoms with Crippen molar-refractivity contribution in [2.75, 3.05) is 6.61 Å². The summed E-state index contributed by atoms with van der Waals surface area (Å²) in [5.41, 5.74) is 1.98. The summed E-state index contributed by atoms with van der Waals surface area (Å²) in [4.78, 5) is 0. The maximum atomic E-state index is 13.8. The molecule has 0 spiro atoms. The van der Waals surface area contributed by atoms with Crippen LogP contribution in [0.4, 0.5) is 4.39 Å². The third-order valence-corrected chi connectivity index (χ3v) is 5.13. The smallest absolute Gasteiger partial charge is 0.129 e. The molecule has 2 fully saturated rings. The number of benzene rings is 1. The number of hydrogen-bond donors (Lipinski definition) is 0. The van der Waals surface area contributed by atoms with Crippen LogP contribution in [-0.4, -0.2) is 6.61 Å². The van der Waals surface area contributed by atoms with Crippen molar-refractivity contribution < 1.29 is 9.13 Å². The van der Waals surface area contributed by atoms with Crippen molar-refractivity contribution in [3.8, 4) is 5.75 Å². The van der Waals surface area contributed by atoms with Gasteiger partial charge in [-0.2, -0.15) is 0 Å². The largest absolute Gasteiger partial charge is 0.493 e. The van der Waals surface area contributed by atoms with Gasteiger partial charge in [0.05, 0.1) is 6.61 Å². The summed E-state index contributed by atoms with van der Waals surface area (Å²) in [7, 11) is 0. The van der Waals surface area contributed by atoms with Crippen molar-refractivity contribution in [2.45, 2.75) is 64.7 Å². The second kappa shape index (κ2) is 6.37. The van der Waals surface area contributed by atoms with Crippen LogP contribution in [-0.2, 0) is 0 Å². The van der Waals surface area contributed by atoms with Gasteiger partial charge >= 0.3 is 0 Å². The quantitative estimate of drug-likeness (QED) is 0.662. The van der Waals surface area contributed by atoms with Crippen LogP contribution in [0.2, 0.25) is 0 Å². The SMILES string of the molecule is CCCC1CCC(COc2cc(F)c(C)cc2C2CC2)C1. The van der Waals surface area contributed by atoms with Crippen molar-refractivity contribution in [2.24, 2.45) is 11.8 Å². The Morgan fingerprint density at radius 3 is 2.62 bits per heavy atom. The molecule has 2 aliphatic carbocycles. The van der Waals surface area contributed by atoms with Crippen molar-refractivity contribution in [1.82, 2.24) is 0 Å². The molecule has 0 aromatic heterocycles. The Morgan fingerprint density at radius 1 is 1.14 bits per heavy atom. The Hall–Kier alpha value is -1.05. The predicted molar refractivity (Wildman–Crippen MR) is 84.3 cm³/mol. The van der Waals surface area contributed by atoms with E-state index in [0.29, 0.717) is 11.8 Å². The molecule has 2 aliphatic rings. The average Bonchev–Trinajstić information content (AvgIpc) is 3.21. The van der Waals surface area contributed by atoms with Crippen molar-refractivity contribution in [3.63, 3.8) is 0 Å². The topological polar surface area (TPSA) is 9.23 Å². The molecule has 1 aromatic carbocycles. The summed E-state index contributed by atoms with van der Waals surface area (Å²) in [6.07, 6.45) is 9.00. The first-order valence-electron chi connectivity index (χ1n) is 8.60. The van der Waals surface area contributed by atoms with Crippen LogP contribution < -0.4 is 4.74 Å². The Labute approximate surface area is 127 Å². The molecule has 116 valence electrons. The van der Waals surface area contributed by atoms with Crippen molar-refractivity contribution >= 4 is 0 Å². The number of rotatable bonds is 6. The van der Waals surface area contributed by atoms with E-state index >= 15 is 0 Å². The van der Waals surface area contributed by atoms with E-state index in [1.54, 1.807) is 6.07 Å². The van der Waals surface area contributed by atoms with Crippen LogP contribution in [0.3, 0.4) is 0 Å². The summed E-state index contributed by atoms with van der Waals surface area (Å²) < 4.78 is 19.9. The second-order valence-electron chi connectivity index (χ2n) is 7.06. The summed E-state index contributed by atoms with van der Waals surface area (Å²) in [5.74, 6) is 2.83. The van der Waals surface area contributed by atoms with Gasteiger partial charge in [-0.3, -0.25) is 0 Å². The van der Waals surface area contributed by atoms with Crippen LogP contribution >= 0.6 is 0 Å². The molecule has 2 saturated carbocycles. The fourth-order valence-corrected chi connectivity index (χ4v) is 3.73. The first kappa shape index (κ1) is 14.9. The molecule has 0 amide bonds. The molecule has 0 bridgehead atoms. The zero-order valence-electron chi connectivity index (χ0n) is 13.3. The molecule has 2 unspecified atom stereocenters. The number of hydrogen-bond acceptors (Lipinski definition) is 1. The molecular weight excluding hydrogens is 263 g/mol. The lowest BCUT2D eigenvalue weighted by Gasteiger charge is -2.16. The zero-order chi connectivity index (χ0) is 14.8. The van der Waals surface area contributed by atoms with E-state index in [4.69, 9.17) is 4.74 Å². The third kappa shape index (κ3) is 3.59. The molecule has 21 heavy (non-hydrogen) atoms. The fraction of sp³-hybridized carbons (Fsp3) is 0.684. The first-order valence-corrected chi connectivity index (χ1v) is 8.60. The van der Waals surface area contributed by atoms with Gasteiger partial charge in [0.15, 0.2) is 0 Å². The van der Waals surface area contributed by atoms with Gasteiger partial charge < -0.3 is 4.74 Å². The first-order chi connectivity index (χ1) is 10.2. The normalized spacial score (nSPS) is 25.3. The van der Waals surface area contributed by atoms with Crippen LogP contribution in [0.25, 0.3) is 0 Å². The molecule has 2 heteroatoms. The van der Waals surface area contributed by atoms with E-state index in [1.165, 1.54) is 50.5 Å².